The zero-order valence-electron chi connectivity index (χ0n) is 11.7. The van der Waals surface area contributed by atoms with Crippen molar-refractivity contribution >= 4 is 22.9 Å². The van der Waals surface area contributed by atoms with E-state index >= 15 is 0 Å². The van der Waals surface area contributed by atoms with Crippen molar-refractivity contribution in [2.75, 3.05) is 19.6 Å². The number of hydrogen-bond donors (Lipinski definition) is 1. The molecule has 0 spiro atoms. The van der Waals surface area contributed by atoms with Crippen LogP contribution in [-0.4, -0.2) is 30.6 Å². The number of hydrogen-bond acceptors (Lipinski definition) is 3. The van der Waals surface area contributed by atoms with Crippen LogP contribution >= 0.6 is 22.9 Å². The normalized spacial score (nSPS) is 24.2. The van der Waals surface area contributed by atoms with Gasteiger partial charge in [-0.05, 0) is 24.5 Å². The van der Waals surface area contributed by atoms with Gasteiger partial charge in [0.25, 0.3) is 0 Å². The summed E-state index contributed by atoms with van der Waals surface area (Å²) in [6.07, 6.45) is 0. The number of thiophene rings is 1. The number of piperazine rings is 1. The van der Waals surface area contributed by atoms with E-state index in [1.807, 2.05) is 6.07 Å². The zero-order valence-corrected chi connectivity index (χ0v) is 13.2. The molecule has 2 atom stereocenters. The third-order valence-electron chi connectivity index (χ3n) is 3.81. The van der Waals surface area contributed by atoms with Crippen LogP contribution in [0.2, 0.25) is 4.34 Å². The van der Waals surface area contributed by atoms with Crippen molar-refractivity contribution in [3.05, 3.63) is 21.3 Å². The molecule has 0 saturated carbocycles. The number of halogens is 1. The predicted molar refractivity (Wildman–Crippen MR) is 80.6 cm³/mol. The van der Waals surface area contributed by atoms with E-state index < -0.39 is 0 Å². The standard InChI is InChI=1S/C14H23ClN2S/c1-10(11-5-6-13(15)18-11)17-8-7-16-12(9-17)14(2,3)4/h5-6,10,12,16H,7-9H2,1-4H3. The molecule has 2 rings (SSSR count). The van der Waals surface area contributed by atoms with Gasteiger partial charge in [-0.2, -0.15) is 0 Å². The fourth-order valence-corrected chi connectivity index (χ4v) is 3.58. The summed E-state index contributed by atoms with van der Waals surface area (Å²) in [6, 6.07) is 5.19. The van der Waals surface area contributed by atoms with Crippen LogP contribution in [0, 0.1) is 5.41 Å². The minimum Gasteiger partial charge on any atom is -0.311 e. The second-order valence-corrected chi connectivity index (χ2v) is 7.93. The van der Waals surface area contributed by atoms with Gasteiger partial charge in [-0.3, -0.25) is 4.90 Å². The molecule has 2 heterocycles. The number of nitrogens with zero attached hydrogens (tertiary/aromatic N) is 1. The first-order valence-corrected chi connectivity index (χ1v) is 7.80. The van der Waals surface area contributed by atoms with Gasteiger partial charge in [0.15, 0.2) is 0 Å². The monoisotopic (exact) mass is 286 g/mol. The summed E-state index contributed by atoms with van der Waals surface area (Å²) < 4.78 is 0.888. The molecule has 1 aromatic heterocycles. The summed E-state index contributed by atoms with van der Waals surface area (Å²) in [5, 5.41) is 3.64. The largest absolute Gasteiger partial charge is 0.311 e. The molecule has 4 heteroatoms. The Labute approximate surface area is 119 Å². The summed E-state index contributed by atoms with van der Waals surface area (Å²) in [5.41, 5.74) is 0.311. The van der Waals surface area contributed by atoms with Gasteiger partial charge in [0.05, 0.1) is 4.34 Å². The third kappa shape index (κ3) is 3.27. The van der Waals surface area contributed by atoms with E-state index in [0.717, 1.165) is 24.0 Å². The molecule has 2 nitrogen and oxygen atoms in total. The highest BCUT2D eigenvalue weighted by atomic mass is 35.5. The summed E-state index contributed by atoms with van der Waals surface area (Å²) in [4.78, 5) is 3.93. The molecule has 1 N–H and O–H groups in total. The maximum Gasteiger partial charge on any atom is 0.0931 e. The predicted octanol–water partition coefficient (Wildman–Crippen LogP) is 3.78. The lowest BCUT2D eigenvalue weighted by molar-refractivity contribution is 0.105. The van der Waals surface area contributed by atoms with E-state index in [-0.39, 0.29) is 0 Å². The topological polar surface area (TPSA) is 15.3 Å². The maximum absolute atomic E-state index is 6.03. The lowest BCUT2D eigenvalue weighted by Gasteiger charge is -2.42. The first-order valence-electron chi connectivity index (χ1n) is 6.60. The van der Waals surface area contributed by atoms with E-state index in [9.17, 15) is 0 Å². The molecule has 0 radical (unpaired) electrons. The Bertz CT molecular complexity index is 397. The molecule has 2 unspecified atom stereocenters. The quantitative estimate of drug-likeness (QED) is 0.890. The smallest absolute Gasteiger partial charge is 0.0931 e. The second kappa shape index (κ2) is 5.49. The average molecular weight is 287 g/mol. The number of rotatable bonds is 2. The summed E-state index contributed by atoms with van der Waals surface area (Å²) in [7, 11) is 0. The van der Waals surface area contributed by atoms with Crippen LogP contribution in [0.5, 0.6) is 0 Å². The Hall–Kier alpha value is -0.0900. The van der Waals surface area contributed by atoms with Gasteiger partial charge in [0.1, 0.15) is 0 Å². The van der Waals surface area contributed by atoms with Gasteiger partial charge in [-0.15, -0.1) is 11.3 Å². The van der Waals surface area contributed by atoms with Crippen molar-refractivity contribution in [3.8, 4) is 0 Å². The molecule has 18 heavy (non-hydrogen) atoms. The Morgan fingerprint density at radius 2 is 2.17 bits per heavy atom. The van der Waals surface area contributed by atoms with E-state index in [1.165, 1.54) is 4.88 Å². The molecule has 1 aromatic rings. The van der Waals surface area contributed by atoms with Crippen molar-refractivity contribution < 1.29 is 0 Å². The molecule has 1 saturated heterocycles. The van der Waals surface area contributed by atoms with E-state index in [4.69, 9.17) is 11.6 Å². The fraction of sp³-hybridized carbons (Fsp3) is 0.714. The van der Waals surface area contributed by atoms with Gasteiger partial charge in [-0.25, -0.2) is 0 Å². The van der Waals surface area contributed by atoms with Crippen molar-refractivity contribution in [1.82, 2.24) is 10.2 Å². The zero-order chi connectivity index (χ0) is 13.3. The SMILES string of the molecule is CC(c1ccc(Cl)s1)N1CCNC(C(C)(C)C)C1. The highest BCUT2D eigenvalue weighted by Gasteiger charge is 2.31. The van der Waals surface area contributed by atoms with Crippen LogP contribution in [0.4, 0.5) is 0 Å². The van der Waals surface area contributed by atoms with E-state index in [2.05, 4.69) is 44.0 Å². The van der Waals surface area contributed by atoms with Crippen molar-refractivity contribution in [1.29, 1.82) is 0 Å². The number of nitrogens with one attached hydrogen (secondary N) is 1. The first-order chi connectivity index (χ1) is 8.38. The average Bonchev–Trinajstić information content (AvgIpc) is 2.74. The van der Waals surface area contributed by atoms with Crippen LogP contribution in [0.1, 0.15) is 38.6 Å². The molecule has 0 bridgehead atoms. The third-order valence-corrected chi connectivity index (χ3v) is 5.21. The fourth-order valence-electron chi connectivity index (χ4n) is 2.44. The Morgan fingerprint density at radius 1 is 1.44 bits per heavy atom. The van der Waals surface area contributed by atoms with Crippen molar-refractivity contribution in [2.24, 2.45) is 5.41 Å². The molecule has 1 aliphatic rings. The van der Waals surface area contributed by atoms with Crippen molar-refractivity contribution in [3.63, 3.8) is 0 Å². The lowest BCUT2D eigenvalue weighted by atomic mass is 9.85. The summed E-state index contributed by atoms with van der Waals surface area (Å²) in [5.74, 6) is 0. The molecule has 0 aliphatic carbocycles. The molecule has 0 aromatic carbocycles. The van der Waals surface area contributed by atoms with E-state index in [1.54, 1.807) is 11.3 Å². The van der Waals surface area contributed by atoms with Crippen LogP contribution in [0.15, 0.2) is 12.1 Å². The molecule has 1 fully saturated rings. The van der Waals surface area contributed by atoms with Crippen molar-refractivity contribution in [2.45, 2.75) is 39.8 Å². The van der Waals surface area contributed by atoms with Crippen LogP contribution in [0.25, 0.3) is 0 Å². The minimum atomic E-state index is 0.311. The summed E-state index contributed by atoms with van der Waals surface area (Å²) in [6.45, 7) is 12.5. The first kappa shape index (κ1) is 14.3. The van der Waals surface area contributed by atoms with Crippen LogP contribution < -0.4 is 5.32 Å². The van der Waals surface area contributed by atoms with E-state index in [0.29, 0.717) is 17.5 Å². The summed E-state index contributed by atoms with van der Waals surface area (Å²) >= 11 is 7.73. The van der Waals surface area contributed by atoms with Gasteiger partial charge in [-0.1, -0.05) is 32.4 Å². The van der Waals surface area contributed by atoms with Crippen LogP contribution in [-0.2, 0) is 0 Å². The minimum absolute atomic E-state index is 0.311. The lowest BCUT2D eigenvalue weighted by Crippen LogP contribution is -2.56. The molecular formula is C14H23ClN2S. The van der Waals surface area contributed by atoms with Crippen LogP contribution in [0.3, 0.4) is 0 Å². The Balaban J connectivity index is 2.05. The van der Waals surface area contributed by atoms with Gasteiger partial charge in [0, 0.05) is 36.6 Å². The van der Waals surface area contributed by atoms with Gasteiger partial charge >= 0.3 is 0 Å². The highest BCUT2D eigenvalue weighted by molar-refractivity contribution is 7.16. The Morgan fingerprint density at radius 3 is 2.72 bits per heavy atom. The second-order valence-electron chi connectivity index (χ2n) is 6.19. The molecular weight excluding hydrogens is 264 g/mol. The van der Waals surface area contributed by atoms with Gasteiger partial charge in [0.2, 0.25) is 0 Å². The highest BCUT2D eigenvalue weighted by Crippen LogP contribution is 2.32. The molecule has 0 amide bonds. The molecule has 102 valence electrons. The molecule has 1 aliphatic heterocycles. The van der Waals surface area contributed by atoms with Gasteiger partial charge < -0.3 is 5.32 Å². The Kier molecular flexibility index (Phi) is 4.37. The maximum atomic E-state index is 6.03.